The molecule has 0 saturated heterocycles. The van der Waals surface area contributed by atoms with Crippen molar-refractivity contribution in [2.45, 2.75) is 0 Å². The molecule has 0 saturated carbocycles. The first-order valence-electron chi connectivity index (χ1n) is 5.52. The molecule has 2 N–H and O–H groups in total. The minimum Gasteiger partial charge on any atom is -0.478 e. The predicted octanol–water partition coefficient (Wildman–Crippen LogP) is 0.966. The quantitative estimate of drug-likeness (QED) is 0.817. The summed E-state index contributed by atoms with van der Waals surface area (Å²) in [5.41, 5.74) is -1.07. The summed E-state index contributed by atoms with van der Waals surface area (Å²) in [6, 6.07) is 1.95. The van der Waals surface area contributed by atoms with E-state index in [-0.39, 0.29) is 18.0 Å². The molecule has 0 aromatic heterocycles. The molecule has 0 aliphatic rings. The largest absolute Gasteiger partial charge is 0.478 e. The molecule has 0 fully saturated rings. The first kappa shape index (κ1) is 16.3. The normalized spacial score (nSPS) is 11.7. The molecule has 6 nitrogen and oxygen atoms in total. The number of sulfonamides is 1. The number of hydrogen-bond donors (Lipinski definition) is 2. The van der Waals surface area contributed by atoms with Gasteiger partial charge in [-0.05, 0) is 12.1 Å². The highest BCUT2D eigenvalue weighted by atomic mass is 32.2. The Morgan fingerprint density at radius 2 is 1.90 bits per heavy atom. The highest BCUT2D eigenvalue weighted by molar-refractivity contribution is 7.89. The molecule has 0 aliphatic carbocycles. The SMILES string of the molecule is CN(C)S(=O)(=O)CCNc1ccc(C(=O)O)c(F)c1F. The fourth-order valence-electron chi connectivity index (χ4n) is 1.35. The van der Waals surface area contributed by atoms with Crippen molar-refractivity contribution in [2.24, 2.45) is 0 Å². The number of halogens is 2. The van der Waals surface area contributed by atoms with Crippen LogP contribution in [-0.4, -0.2) is 50.2 Å². The molecule has 0 unspecified atom stereocenters. The summed E-state index contributed by atoms with van der Waals surface area (Å²) in [6.07, 6.45) is 0. The Kier molecular flexibility index (Phi) is 5.01. The molecule has 0 bridgehead atoms. The first-order chi connectivity index (χ1) is 9.16. The van der Waals surface area contributed by atoms with Gasteiger partial charge in [-0.1, -0.05) is 0 Å². The maximum absolute atomic E-state index is 13.5. The zero-order valence-corrected chi connectivity index (χ0v) is 11.7. The van der Waals surface area contributed by atoms with E-state index >= 15 is 0 Å². The second kappa shape index (κ2) is 6.14. The van der Waals surface area contributed by atoms with E-state index in [1.807, 2.05) is 0 Å². The molecule has 0 aliphatic heterocycles. The molecule has 0 spiro atoms. The molecule has 1 aromatic carbocycles. The maximum atomic E-state index is 13.5. The Hall–Kier alpha value is -1.74. The molecule has 0 radical (unpaired) electrons. The van der Waals surface area contributed by atoms with Gasteiger partial charge in [0.1, 0.15) is 0 Å². The topological polar surface area (TPSA) is 86.7 Å². The summed E-state index contributed by atoms with van der Waals surface area (Å²) in [5, 5.41) is 11.0. The van der Waals surface area contributed by atoms with Crippen molar-refractivity contribution < 1.29 is 27.1 Å². The van der Waals surface area contributed by atoms with E-state index in [2.05, 4.69) is 5.32 Å². The number of carboxylic acids is 1. The van der Waals surface area contributed by atoms with Crippen LogP contribution in [0.1, 0.15) is 10.4 Å². The van der Waals surface area contributed by atoms with Gasteiger partial charge in [0.25, 0.3) is 0 Å². The van der Waals surface area contributed by atoms with Gasteiger partial charge in [-0.25, -0.2) is 26.3 Å². The van der Waals surface area contributed by atoms with Gasteiger partial charge in [-0.3, -0.25) is 0 Å². The second-order valence-electron chi connectivity index (χ2n) is 4.12. The predicted molar refractivity (Wildman–Crippen MR) is 69.3 cm³/mol. The molecule has 20 heavy (non-hydrogen) atoms. The lowest BCUT2D eigenvalue weighted by atomic mass is 10.2. The number of anilines is 1. The van der Waals surface area contributed by atoms with Crippen molar-refractivity contribution in [3.05, 3.63) is 29.3 Å². The summed E-state index contributed by atoms with van der Waals surface area (Å²) in [4.78, 5) is 10.6. The van der Waals surface area contributed by atoms with Crippen molar-refractivity contribution in [1.29, 1.82) is 0 Å². The average Bonchev–Trinajstić information content (AvgIpc) is 2.33. The lowest BCUT2D eigenvalue weighted by molar-refractivity contribution is 0.0690. The summed E-state index contributed by atoms with van der Waals surface area (Å²) in [7, 11) is -0.736. The monoisotopic (exact) mass is 308 g/mol. The van der Waals surface area contributed by atoms with Gasteiger partial charge in [0, 0.05) is 20.6 Å². The standard InChI is InChI=1S/C11H14F2N2O4S/c1-15(2)20(18,19)6-5-14-8-4-3-7(11(16)17)9(12)10(8)13/h3-4,14H,5-6H2,1-2H3,(H,16,17). The number of nitrogens with zero attached hydrogens (tertiary/aromatic N) is 1. The van der Waals surface area contributed by atoms with Crippen LogP contribution in [0.25, 0.3) is 0 Å². The van der Waals surface area contributed by atoms with Crippen molar-refractivity contribution in [2.75, 3.05) is 31.7 Å². The van der Waals surface area contributed by atoms with Crippen LogP contribution < -0.4 is 5.32 Å². The Morgan fingerprint density at radius 3 is 2.40 bits per heavy atom. The summed E-state index contributed by atoms with van der Waals surface area (Å²) < 4.78 is 50.8. The Bertz CT molecular complexity index is 617. The molecule has 0 amide bonds. The molecular formula is C11H14F2N2O4S. The number of aromatic carboxylic acids is 1. The van der Waals surface area contributed by atoms with E-state index in [0.717, 1.165) is 16.4 Å². The van der Waals surface area contributed by atoms with Gasteiger partial charge in [-0.2, -0.15) is 0 Å². The molecule has 9 heteroatoms. The zero-order chi connectivity index (χ0) is 15.5. The van der Waals surface area contributed by atoms with Gasteiger partial charge < -0.3 is 10.4 Å². The second-order valence-corrected chi connectivity index (χ2v) is 6.42. The average molecular weight is 308 g/mol. The van der Waals surface area contributed by atoms with Gasteiger partial charge in [-0.15, -0.1) is 0 Å². The van der Waals surface area contributed by atoms with Crippen LogP contribution in [-0.2, 0) is 10.0 Å². The first-order valence-corrected chi connectivity index (χ1v) is 7.13. The van der Waals surface area contributed by atoms with Crippen LogP contribution in [0.3, 0.4) is 0 Å². The van der Waals surface area contributed by atoms with Crippen molar-refractivity contribution >= 4 is 21.7 Å². The lowest BCUT2D eigenvalue weighted by Crippen LogP contribution is -2.28. The molecule has 112 valence electrons. The van der Waals surface area contributed by atoms with E-state index in [1.54, 1.807) is 0 Å². The molecular weight excluding hydrogens is 294 g/mol. The van der Waals surface area contributed by atoms with E-state index in [9.17, 15) is 22.0 Å². The molecule has 1 aromatic rings. The third-order valence-corrected chi connectivity index (χ3v) is 4.38. The third-order valence-electron chi connectivity index (χ3n) is 2.54. The Labute approximate surface area is 115 Å². The van der Waals surface area contributed by atoms with E-state index in [1.165, 1.54) is 14.1 Å². The van der Waals surface area contributed by atoms with Crippen LogP contribution >= 0.6 is 0 Å². The smallest absolute Gasteiger partial charge is 0.338 e. The van der Waals surface area contributed by atoms with Gasteiger partial charge in [0.2, 0.25) is 10.0 Å². The van der Waals surface area contributed by atoms with E-state index in [0.29, 0.717) is 0 Å². The number of benzene rings is 1. The summed E-state index contributed by atoms with van der Waals surface area (Å²) >= 11 is 0. The third kappa shape index (κ3) is 3.64. The maximum Gasteiger partial charge on any atom is 0.338 e. The van der Waals surface area contributed by atoms with Crippen LogP contribution in [0.2, 0.25) is 0 Å². The molecule has 1 rings (SSSR count). The highest BCUT2D eigenvalue weighted by Crippen LogP contribution is 2.20. The summed E-state index contributed by atoms with van der Waals surface area (Å²) in [6.45, 7) is -0.136. The van der Waals surface area contributed by atoms with Gasteiger partial charge in [0.15, 0.2) is 11.6 Å². The number of rotatable bonds is 6. The van der Waals surface area contributed by atoms with Crippen LogP contribution in [0.4, 0.5) is 14.5 Å². The van der Waals surface area contributed by atoms with Crippen LogP contribution in [0.5, 0.6) is 0 Å². The van der Waals surface area contributed by atoms with Crippen molar-refractivity contribution in [3.63, 3.8) is 0 Å². The van der Waals surface area contributed by atoms with Gasteiger partial charge >= 0.3 is 5.97 Å². The lowest BCUT2D eigenvalue weighted by Gasteiger charge is -2.13. The number of carboxylic acid groups (broad SMARTS) is 1. The Balaban J connectivity index is 2.81. The molecule has 0 heterocycles. The summed E-state index contributed by atoms with van der Waals surface area (Å²) in [5.74, 6) is -4.73. The molecule has 0 atom stereocenters. The van der Waals surface area contributed by atoms with Crippen LogP contribution in [0, 0.1) is 11.6 Å². The number of nitrogens with one attached hydrogen (secondary N) is 1. The minimum absolute atomic E-state index is 0.136. The fourth-order valence-corrected chi connectivity index (χ4v) is 2.07. The Morgan fingerprint density at radius 1 is 1.30 bits per heavy atom. The van der Waals surface area contributed by atoms with Crippen molar-refractivity contribution in [3.8, 4) is 0 Å². The van der Waals surface area contributed by atoms with Gasteiger partial charge in [0.05, 0.1) is 17.0 Å². The van der Waals surface area contributed by atoms with E-state index in [4.69, 9.17) is 5.11 Å². The number of hydrogen-bond acceptors (Lipinski definition) is 4. The van der Waals surface area contributed by atoms with E-state index < -0.39 is 33.2 Å². The zero-order valence-electron chi connectivity index (χ0n) is 10.9. The minimum atomic E-state index is -3.45. The highest BCUT2D eigenvalue weighted by Gasteiger charge is 2.18. The van der Waals surface area contributed by atoms with Crippen LogP contribution in [0.15, 0.2) is 12.1 Å². The number of carbonyl (C=O) groups is 1. The van der Waals surface area contributed by atoms with Crippen molar-refractivity contribution in [1.82, 2.24) is 4.31 Å². The fraction of sp³-hybridized carbons (Fsp3) is 0.364.